The van der Waals surface area contributed by atoms with Crippen molar-refractivity contribution in [2.45, 2.75) is 19.4 Å². The average Bonchev–Trinajstić information content (AvgIpc) is 3.15. The van der Waals surface area contributed by atoms with Crippen LogP contribution < -0.4 is 15.4 Å². The van der Waals surface area contributed by atoms with Gasteiger partial charge in [0.2, 0.25) is 16.9 Å². The largest absolute Gasteiger partial charge is 0.497 e. The number of nitrogens with zero attached hydrogens (tertiary/aromatic N) is 2. The third kappa shape index (κ3) is 5.52. The van der Waals surface area contributed by atoms with Crippen molar-refractivity contribution in [1.82, 2.24) is 15.5 Å². The maximum Gasteiger partial charge on any atom is 0.228 e. The Morgan fingerprint density at radius 3 is 2.52 bits per heavy atom. The highest BCUT2D eigenvalue weighted by molar-refractivity contribution is 7.18. The second-order valence-corrected chi connectivity index (χ2v) is 7.56. The number of nitrogens with one attached hydrogen (secondary N) is 2. The van der Waals surface area contributed by atoms with Crippen LogP contribution in [0.2, 0.25) is 5.02 Å². The molecule has 150 valence electrons. The lowest BCUT2D eigenvalue weighted by molar-refractivity contribution is -0.120. The molecule has 0 aliphatic rings. The van der Waals surface area contributed by atoms with E-state index in [4.69, 9.17) is 16.3 Å². The second-order valence-electron chi connectivity index (χ2n) is 6.17. The lowest BCUT2D eigenvalue weighted by atomic mass is 10.0. The van der Waals surface area contributed by atoms with Crippen LogP contribution in [0.15, 0.2) is 48.5 Å². The van der Waals surface area contributed by atoms with Crippen LogP contribution in [-0.2, 0) is 9.59 Å². The molecule has 1 atom stereocenters. The topological polar surface area (TPSA) is 93.2 Å². The fourth-order valence-corrected chi connectivity index (χ4v) is 3.79. The zero-order valence-electron chi connectivity index (χ0n) is 15.8. The zero-order chi connectivity index (χ0) is 20.8. The number of carbonyl (C=O) groups is 2. The molecule has 0 aliphatic carbocycles. The molecule has 29 heavy (non-hydrogen) atoms. The second kappa shape index (κ2) is 9.49. The predicted octanol–water partition coefficient (Wildman–Crippen LogP) is 4.07. The van der Waals surface area contributed by atoms with Crippen molar-refractivity contribution in [2.24, 2.45) is 0 Å². The Kier molecular flexibility index (Phi) is 6.79. The van der Waals surface area contributed by atoms with Gasteiger partial charge in [0.05, 0.1) is 24.6 Å². The van der Waals surface area contributed by atoms with Gasteiger partial charge < -0.3 is 15.4 Å². The van der Waals surface area contributed by atoms with Crippen LogP contribution in [-0.4, -0.2) is 29.1 Å². The van der Waals surface area contributed by atoms with E-state index in [1.807, 2.05) is 30.3 Å². The predicted molar refractivity (Wildman–Crippen MR) is 113 cm³/mol. The minimum absolute atomic E-state index is 0.0485. The van der Waals surface area contributed by atoms with E-state index in [2.05, 4.69) is 20.8 Å². The van der Waals surface area contributed by atoms with E-state index in [0.717, 1.165) is 11.1 Å². The van der Waals surface area contributed by atoms with Gasteiger partial charge in [0.15, 0.2) is 5.01 Å². The number of hydrogen-bond acceptors (Lipinski definition) is 6. The third-order valence-electron chi connectivity index (χ3n) is 4.06. The number of hydrogen-bond donors (Lipinski definition) is 2. The summed E-state index contributed by atoms with van der Waals surface area (Å²) in [7, 11) is 1.58. The van der Waals surface area contributed by atoms with Gasteiger partial charge in [-0.15, -0.1) is 10.2 Å². The van der Waals surface area contributed by atoms with E-state index >= 15 is 0 Å². The molecule has 3 aromatic rings. The highest BCUT2D eigenvalue weighted by Gasteiger charge is 2.19. The van der Waals surface area contributed by atoms with Crippen LogP contribution in [0.1, 0.15) is 24.9 Å². The SMILES string of the molecule is COc1ccc(C(CC(=O)Nc2nnc(-c3ccccc3Cl)s2)NC(C)=O)cc1. The van der Waals surface area contributed by atoms with Crippen LogP contribution >= 0.6 is 22.9 Å². The fraction of sp³-hybridized carbons (Fsp3) is 0.200. The van der Waals surface area contributed by atoms with Gasteiger partial charge in [0.1, 0.15) is 5.75 Å². The fourth-order valence-electron chi connectivity index (χ4n) is 2.71. The summed E-state index contributed by atoms with van der Waals surface area (Å²) >= 11 is 7.41. The van der Waals surface area contributed by atoms with E-state index in [9.17, 15) is 9.59 Å². The molecular formula is C20H19ClN4O3S. The molecule has 1 heterocycles. The number of halogens is 1. The maximum atomic E-state index is 12.5. The van der Waals surface area contributed by atoms with E-state index < -0.39 is 6.04 Å². The Morgan fingerprint density at radius 1 is 1.14 bits per heavy atom. The summed E-state index contributed by atoms with van der Waals surface area (Å²) in [6, 6.07) is 14.0. The highest BCUT2D eigenvalue weighted by atomic mass is 35.5. The first kappa shape index (κ1) is 20.8. The Balaban J connectivity index is 1.70. The molecule has 0 saturated carbocycles. The molecule has 1 unspecified atom stereocenters. The third-order valence-corrected chi connectivity index (χ3v) is 5.26. The summed E-state index contributed by atoms with van der Waals surface area (Å²) in [6.45, 7) is 1.41. The first-order valence-electron chi connectivity index (χ1n) is 8.75. The van der Waals surface area contributed by atoms with Crippen molar-refractivity contribution in [1.29, 1.82) is 0 Å². The number of ether oxygens (including phenoxy) is 1. The van der Waals surface area contributed by atoms with Gasteiger partial charge in [-0.2, -0.15) is 0 Å². The number of methoxy groups -OCH3 is 1. The Hall–Kier alpha value is -2.97. The molecule has 0 fully saturated rings. The lowest BCUT2D eigenvalue weighted by Crippen LogP contribution is -2.29. The summed E-state index contributed by atoms with van der Waals surface area (Å²) in [5.41, 5.74) is 1.55. The minimum atomic E-state index is -0.477. The van der Waals surface area contributed by atoms with Crippen LogP contribution in [0.4, 0.5) is 5.13 Å². The standard InChI is InChI=1S/C20H19ClN4O3S/c1-12(26)22-17(13-7-9-14(28-2)10-8-13)11-18(27)23-20-25-24-19(29-20)15-5-3-4-6-16(15)21/h3-10,17H,11H2,1-2H3,(H,22,26)(H,23,25,27). The number of anilines is 1. The lowest BCUT2D eigenvalue weighted by Gasteiger charge is -2.18. The molecule has 2 aromatic carbocycles. The number of amides is 2. The van der Waals surface area contributed by atoms with Crippen molar-refractivity contribution in [3.63, 3.8) is 0 Å². The molecule has 2 amide bonds. The summed E-state index contributed by atoms with van der Waals surface area (Å²) in [5.74, 6) is 0.178. The van der Waals surface area contributed by atoms with E-state index in [1.54, 1.807) is 25.3 Å². The molecule has 2 N–H and O–H groups in total. The van der Waals surface area contributed by atoms with Crippen LogP contribution in [0.25, 0.3) is 10.6 Å². The van der Waals surface area contributed by atoms with Crippen molar-refractivity contribution in [3.05, 3.63) is 59.1 Å². The van der Waals surface area contributed by atoms with Gasteiger partial charge in [-0.3, -0.25) is 9.59 Å². The normalized spacial score (nSPS) is 11.6. The first-order chi connectivity index (χ1) is 14.0. The summed E-state index contributed by atoms with van der Waals surface area (Å²) < 4.78 is 5.15. The number of aromatic nitrogens is 2. The summed E-state index contributed by atoms with van der Waals surface area (Å²) in [6.07, 6.45) is 0.0485. The van der Waals surface area contributed by atoms with Gasteiger partial charge in [-0.25, -0.2) is 0 Å². The van der Waals surface area contributed by atoms with E-state index in [0.29, 0.717) is 20.9 Å². The molecule has 7 nitrogen and oxygen atoms in total. The summed E-state index contributed by atoms with van der Waals surface area (Å²) in [5, 5.41) is 15.2. The molecule has 1 aromatic heterocycles. The van der Waals surface area contributed by atoms with E-state index in [1.165, 1.54) is 18.3 Å². The van der Waals surface area contributed by atoms with Crippen molar-refractivity contribution < 1.29 is 14.3 Å². The van der Waals surface area contributed by atoms with Gasteiger partial charge in [0, 0.05) is 12.5 Å². The maximum absolute atomic E-state index is 12.5. The average molecular weight is 431 g/mol. The van der Waals surface area contributed by atoms with Gasteiger partial charge in [-0.05, 0) is 23.8 Å². The van der Waals surface area contributed by atoms with Gasteiger partial charge in [0.25, 0.3) is 0 Å². The summed E-state index contributed by atoms with van der Waals surface area (Å²) in [4.78, 5) is 24.1. The minimum Gasteiger partial charge on any atom is -0.497 e. The quantitative estimate of drug-likeness (QED) is 0.589. The van der Waals surface area contributed by atoms with Crippen LogP contribution in [0, 0.1) is 0 Å². The van der Waals surface area contributed by atoms with Crippen LogP contribution in [0.3, 0.4) is 0 Å². The van der Waals surface area contributed by atoms with Crippen molar-refractivity contribution in [2.75, 3.05) is 12.4 Å². The zero-order valence-corrected chi connectivity index (χ0v) is 17.4. The molecule has 0 spiro atoms. The molecule has 0 bridgehead atoms. The molecule has 0 radical (unpaired) electrons. The van der Waals surface area contributed by atoms with E-state index in [-0.39, 0.29) is 18.2 Å². The monoisotopic (exact) mass is 430 g/mol. The number of rotatable bonds is 7. The Bertz CT molecular complexity index is 1010. The Morgan fingerprint density at radius 2 is 1.86 bits per heavy atom. The number of benzene rings is 2. The molecule has 3 rings (SSSR count). The van der Waals surface area contributed by atoms with Gasteiger partial charge >= 0.3 is 0 Å². The van der Waals surface area contributed by atoms with Gasteiger partial charge in [-0.1, -0.05) is 53.3 Å². The molecule has 0 saturated heterocycles. The number of carbonyl (C=O) groups excluding carboxylic acids is 2. The smallest absolute Gasteiger partial charge is 0.228 e. The highest BCUT2D eigenvalue weighted by Crippen LogP contribution is 2.31. The molecule has 9 heteroatoms. The molecule has 0 aliphatic heterocycles. The van der Waals surface area contributed by atoms with Crippen LogP contribution in [0.5, 0.6) is 5.75 Å². The Labute approximate surface area is 177 Å². The van der Waals surface area contributed by atoms with Crippen molar-refractivity contribution >= 4 is 39.9 Å². The molecular weight excluding hydrogens is 412 g/mol. The first-order valence-corrected chi connectivity index (χ1v) is 9.95. The van der Waals surface area contributed by atoms with Crippen molar-refractivity contribution in [3.8, 4) is 16.3 Å².